The number of halogens is 1. The third-order valence-corrected chi connectivity index (χ3v) is 4.81. The smallest absolute Gasteiger partial charge is 0.123 e. The fraction of sp³-hybridized carbons (Fsp3) is 0.625. The van der Waals surface area contributed by atoms with Crippen LogP contribution < -0.4 is 4.74 Å². The number of alkyl halides is 1. The van der Waals surface area contributed by atoms with E-state index in [1.54, 1.807) is 0 Å². The Morgan fingerprint density at radius 3 is 2.74 bits per heavy atom. The van der Waals surface area contributed by atoms with E-state index in [0.717, 1.165) is 31.8 Å². The van der Waals surface area contributed by atoms with Crippen LogP contribution in [0.5, 0.6) is 5.75 Å². The number of benzene rings is 1. The Balaban J connectivity index is 1.50. The molecular formula is C16H22ClNO. The molecular weight excluding hydrogens is 258 g/mol. The number of hydrogen-bond acceptors (Lipinski definition) is 2. The molecule has 2 aliphatic heterocycles. The number of ether oxygens (including phenoxy) is 1. The molecule has 0 saturated carbocycles. The lowest BCUT2D eigenvalue weighted by Gasteiger charge is -2.34. The summed E-state index contributed by atoms with van der Waals surface area (Å²) in [6.45, 7) is 5.51. The van der Waals surface area contributed by atoms with E-state index in [1.165, 1.54) is 18.4 Å². The third-order valence-electron chi connectivity index (χ3n) is 4.46. The first-order valence-corrected chi connectivity index (χ1v) is 7.77. The van der Waals surface area contributed by atoms with E-state index in [2.05, 4.69) is 36.1 Å². The Morgan fingerprint density at radius 2 is 2.05 bits per heavy atom. The van der Waals surface area contributed by atoms with Crippen molar-refractivity contribution >= 4 is 11.6 Å². The van der Waals surface area contributed by atoms with E-state index in [0.29, 0.717) is 17.4 Å². The van der Waals surface area contributed by atoms with Crippen molar-refractivity contribution in [3.63, 3.8) is 0 Å². The first kappa shape index (κ1) is 13.3. The highest BCUT2D eigenvalue weighted by Crippen LogP contribution is 2.30. The quantitative estimate of drug-likeness (QED) is 0.787. The first-order chi connectivity index (χ1) is 9.22. The van der Waals surface area contributed by atoms with Crippen molar-refractivity contribution in [2.45, 2.75) is 37.7 Å². The second-order valence-corrected chi connectivity index (χ2v) is 6.56. The minimum atomic E-state index is 0.314. The number of fused-ring (bicyclic) bond motifs is 1. The molecule has 104 valence electrons. The maximum atomic E-state index is 6.19. The molecule has 0 spiro atoms. The van der Waals surface area contributed by atoms with Crippen LogP contribution in [0, 0.1) is 5.92 Å². The maximum Gasteiger partial charge on any atom is 0.123 e. The molecule has 3 rings (SSSR count). The van der Waals surface area contributed by atoms with Gasteiger partial charge >= 0.3 is 0 Å². The van der Waals surface area contributed by atoms with Crippen LogP contribution >= 0.6 is 11.6 Å². The summed E-state index contributed by atoms with van der Waals surface area (Å²) in [7, 11) is 0. The maximum absolute atomic E-state index is 6.19. The topological polar surface area (TPSA) is 12.5 Å². The van der Waals surface area contributed by atoms with Gasteiger partial charge in [-0.3, -0.25) is 4.90 Å². The molecule has 0 bridgehead atoms. The van der Waals surface area contributed by atoms with Gasteiger partial charge in [0.05, 0.1) is 0 Å². The summed E-state index contributed by atoms with van der Waals surface area (Å²) < 4.78 is 6.02. The van der Waals surface area contributed by atoms with Crippen LogP contribution in [-0.2, 0) is 6.42 Å². The first-order valence-electron chi connectivity index (χ1n) is 7.33. The van der Waals surface area contributed by atoms with E-state index < -0.39 is 0 Å². The van der Waals surface area contributed by atoms with Crippen molar-refractivity contribution in [1.82, 2.24) is 4.90 Å². The number of piperidine rings is 1. The van der Waals surface area contributed by atoms with Crippen LogP contribution in [0.3, 0.4) is 0 Å². The van der Waals surface area contributed by atoms with E-state index in [1.807, 2.05) is 0 Å². The number of likely N-dealkylation sites (tertiary alicyclic amines) is 1. The number of rotatable bonds is 3. The molecule has 0 N–H and O–H groups in total. The zero-order chi connectivity index (χ0) is 13.2. The summed E-state index contributed by atoms with van der Waals surface area (Å²) in [5, 5.41) is 0.314. The van der Waals surface area contributed by atoms with Gasteiger partial charge in [0.2, 0.25) is 0 Å². The molecule has 0 amide bonds. The van der Waals surface area contributed by atoms with Crippen molar-refractivity contribution in [2.24, 2.45) is 5.92 Å². The predicted octanol–water partition coefficient (Wildman–Crippen LogP) is 3.33. The van der Waals surface area contributed by atoms with Gasteiger partial charge < -0.3 is 4.74 Å². The summed E-state index contributed by atoms with van der Waals surface area (Å²) in [5.74, 6) is 1.77. The Labute approximate surface area is 120 Å². The molecule has 19 heavy (non-hydrogen) atoms. The normalized spacial score (nSPS) is 25.9. The molecule has 0 aliphatic carbocycles. The molecule has 2 heterocycles. The van der Waals surface area contributed by atoms with Gasteiger partial charge in [-0.15, -0.1) is 11.6 Å². The molecule has 2 unspecified atom stereocenters. The number of nitrogens with zero attached hydrogens (tertiary/aromatic N) is 1. The molecule has 1 aromatic carbocycles. The van der Waals surface area contributed by atoms with Crippen LogP contribution in [0.1, 0.15) is 25.3 Å². The van der Waals surface area contributed by atoms with E-state index >= 15 is 0 Å². The highest BCUT2D eigenvalue weighted by Gasteiger charge is 2.28. The summed E-state index contributed by atoms with van der Waals surface area (Å²) in [5.41, 5.74) is 1.36. The van der Waals surface area contributed by atoms with Gasteiger partial charge in [-0.2, -0.15) is 0 Å². The average molecular weight is 280 g/mol. The lowest BCUT2D eigenvalue weighted by atomic mass is 9.94. The largest absolute Gasteiger partial charge is 0.488 e. The molecule has 1 fully saturated rings. The van der Waals surface area contributed by atoms with E-state index in [-0.39, 0.29) is 0 Å². The van der Waals surface area contributed by atoms with E-state index in [9.17, 15) is 0 Å². The summed E-state index contributed by atoms with van der Waals surface area (Å²) in [6, 6.07) is 8.40. The second-order valence-electron chi connectivity index (χ2n) is 5.87. The lowest BCUT2D eigenvalue weighted by Crippen LogP contribution is -2.41. The molecule has 2 aliphatic rings. The predicted molar refractivity (Wildman–Crippen MR) is 79.0 cm³/mol. The molecule has 1 aromatic rings. The fourth-order valence-corrected chi connectivity index (χ4v) is 3.49. The summed E-state index contributed by atoms with van der Waals surface area (Å²) >= 11 is 6.19. The fourth-order valence-electron chi connectivity index (χ4n) is 3.24. The second kappa shape index (κ2) is 5.72. The number of para-hydroxylation sites is 1. The SMILES string of the molecule is CC(Cl)C1CCN(CC2Cc3ccccc3O2)CC1. The minimum Gasteiger partial charge on any atom is -0.488 e. The zero-order valence-electron chi connectivity index (χ0n) is 11.5. The molecule has 0 aromatic heterocycles. The van der Waals surface area contributed by atoms with Crippen LogP contribution in [0.15, 0.2) is 24.3 Å². The summed E-state index contributed by atoms with van der Waals surface area (Å²) in [6.07, 6.45) is 3.85. The van der Waals surface area contributed by atoms with Crippen LogP contribution in [0.2, 0.25) is 0 Å². The molecule has 2 nitrogen and oxygen atoms in total. The average Bonchev–Trinajstić information content (AvgIpc) is 2.81. The Bertz CT molecular complexity index is 402. The lowest BCUT2D eigenvalue weighted by molar-refractivity contribution is 0.117. The molecule has 1 saturated heterocycles. The molecule has 0 radical (unpaired) electrons. The van der Waals surface area contributed by atoms with Gasteiger partial charge in [0.15, 0.2) is 0 Å². The van der Waals surface area contributed by atoms with Crippen LogP contribution in [0.4, 0.5) is 0 Å². The zero-order valence-corrected chi connectivity index (χ0v) is 12.3. The molecule has 3 heteroatoms. The standard InChI is InChI=1S/C16H22ClNO/c1-12(17)13-6-8-18(9-7-13)11-15-10-14-4-2-3-5-16(14)19-15/h2-5,12-13,15H,6-11H2,1H3. The van der Waals surface area contributed by atoms with Gasteiger partial charge in [-0.25, -0.2) is 0 Å². The van der Waals surface area contributed by atoms with Gasteiger partial charge in [0.1, 0.15) is 11.9 Å². The highest BCUT2D eigenvalue weighted by atomic mass is 35.5. The van der Waals surface area contributed by atoms with Crippen molar-refractivity contribution in [3.8, 4) is 5.75 Å². The van der Waals surface area contributed by atoms with Crippen molar-refractivity contribution in [2.75, 3.05) is 19.6 Å². The third kappa shape index (κ3) is 3.06. The molecule has 2 atom stereocenters. The van der Waals surface area contributed by atoms with Gasteiger partial charge in [0, 0.05) is 18.3 Å². The summed E-state index contributed by atoms with van der Waals surface area (Å²) in [4.78, 5) is 2.53. The van der Waals surface area contributed by atoms with Crippen molar-refractivity contribution in [1.29, 1.82) is 0 Å². The van der Waals surface area contributed by atoms with Crippen molar-refractivity contribution < 1.29 is 4.74 Å². The van der Waals surface area contributed by atoms with Crippen LogP contribution in [0.25, 0.3) is 0 Å². The van der Waals surface area contributed by atoms with Gasteiger partial charge in [0.25, 0.3) is 0 Å². The van der Waals surface area contributed by atoms with E-state index in [4.69, 9.17) is 16.3 Å². The number of hydrogen-bond donors (Lipinski definition) is 0. The Hall–Kier alpha value is -0.730. The van der Waals surface area contributed by atoms with Crippen molar-refractivity contribution in [3.05, 3.63) is 29.8 Å². The van der Waals surface area contributed by atoms with Crippen LogP contribution in [-0.4, -0.2) is 36.0 Å². The Morgan fingerprint density at radius 1 is 1.32 bits per heavy atom. The monoisotopic (exact) mass is 279 g/mol. The highest BCUT2D eigenvalue weighted by molar-refractivity contribution is 6.20. The van der Waals surface area contributed by atoms with Gasteiger partial charge in [-0.1, -0.05) is 18.2 Å². The minimum absolute atomic E-state index is 0.314. The Kier molecular flexibility index (Phi) is 3.99. The van der Waals surface area contributed by atoms with Gasteiger partial charge in [-0.05, 0) is 50.4 Å².